The van der Waals surface area contributed by atoms with Crippen LogP contribution in [0.3, 0.4) is 0 Å². The van der Waals surface area contributed by atoms with Gasteiger partial charge in [-0.3, -0.25) is 0 Å². The molecule has 1 heterocycles. The van der Waals surface area contributed by atoms with Gasteiger partial charge in [0.15, 0.2) is 5.96 Å². The molecule has 1 aromatic heterocycles. The minimum atomic E-state index is 0. The molecule has 0 fully saturated rings. The Morgan fingerprint density at radius 2 is 1.87 bits per heavy atom. The van der Waals surface area contributed by atoms with Crippen molar-refractivity contribution >= 4 is 29.9 Å². The molecule has 0 radical (unpaired) electrons. The third-order valence-corrected chi connectivity index (χ3v) is 3.34. The zero-order chi connectivity index (χ0) is 16.0. The highest BCUT2D eigenvalue weighted by molar-refractivity contribution is 14.0. The number of furan rings is 1. The largest absolute Gasteiger partial charge is 0.467 e. The highest BCUT2D eigenvalue weighted by Crippen LogP contribution is 2.01. The van der Waals surface area contributed by atoms with Gasteiger partial charge in [0.1, 0.15) is 12.3 Å². The van der Waals surface area contributed by atoms with Gasteiger partial charge in [-0.05, 0) is 58.0 Å². The van der Waals surface area contributed by atoms with Crippen LogP contribution in [0.15, 0.2) is 27.8 Å². The zero-order valence-electron chi connectivity index (χ0n) is 14.8. The lowest BCUT2D eigenvalue weighted by atomic mass is 10.3. The third-order valence-electron chi connectivity index (χ3n) is 3.34. The minimum Gasteiger partial charge on any atom is -0.467 e. The molecule has 0 amide bonds. The molecule has 0 spiro atoms. The van der Waals surface area contributed by atoms with E-state index in [0.717, 1.165) is 37.8 Å². The Morgan fingerprint density at radius 3 is 2.43 bits per heavy atom. The van der Waals surface area contributed by atoms with Crippen LogP contribution in [0.2, 0.25) is 0 Å². The normalized spacial score (nSPS) is 11.4. The van der Waals surface area contributed by atoms with Crippen molar-refractivity contribution in [2.45, 2.75) is 46.6 Å². The molecule has 0 saturated heterocycles. The highest BCUT2D eigenvalue weighted by Gasteiger charge is 2.03. The smallest absolute Gasteiger partial charge is 0.191 e. The Kier molecular flexibility index (Phi) is 14.3. The van der Waals surface area contributed by atoms with E-state index in [1.807, 2.05) is 12.1 Å². The Hall–Kier alpha value is -0.760. The van der Waals surface area contributed by atoms with Crippen LogP contribution in [0.25, 0.3) is 0 Å². The summed E-state index contributed by atoms with van der Waals surface area (Å²) in [6.07, 6.45) is 5.26. The molecule has 0 saturated carbocycles. The molecule has 0 bridgehead atoms. The topological polar surface area (TPSA) is 52.8 Å². The summed E-state index contributed by atoms with van der Waals surface area (Å²) in [6, 6.07) is 3.84. The maximum atomic E-state index is 5.30. The first-order chi connectivity index (χ1) is 10.8. The summed E-state index contributed by atoms with van der Waals surface area (Å²) in [5.74, 6) is 1.74. The van der Waals surface area contributed by atoms with Crippen LogP contribution in [0.1, 0.15) is 45.8 Å². The summed E-state index contributed by atoms with van der Waals surface area (Å²) in [5, 5.41) is 6.66. The lowest BCUT2D eigenvalue weighted by Gasteiger charge is -2.21. The molecule has 0 unspecified atom stereocenters. The van der Waals surface area contributed by atoms with E-state index in [0.29, 0.717) is 6.54 Å². The van der Waals surface area contributed by atoms with Crippen LogP contribution in [-0.4, -0.2) is 43.6 Å². The second-order valence-electron chi connectivity index (χ2n) is 5.40. The number of nitrogens with zero attached hydrogens (tertiary/aromatic N) is 2. The number of hydrogen-bond acceptors (Lipinski definition) is 3. The Bertz CT molecular complexity index is 389. The number of nitrogens with one attached hydrogen (secondary N) is 2. The van der Waals surface area contributed by atoms with Crippen molar-refractivity contribution in [2.24, 2.45) is 4.99 Å². The maximum absolute atomic E-state index is 5.30. The van der Waals surface area contributed by atoms with Crippen LogP contribution >= 0.6 is 24.0 Å². The van der Waals surface area contributed by atoms with E-state index >= 15 is 0 Å². The molecule has 0 aromatic carbocycles. The zero-order valence-corrected chi connectivity index (χ0v) is 17.1. The lowest BCUT2D eigenvalue weighted by molar-refractivity contribution is 0.271. The molecular formula is C17H33IN4O. The number of hydrogen-bond donors (Lipinski definition) is 2. The molecule has 0 aliphatic rings. The van der Waals surface area contributed by atoms with Gasteiger partial charge in [0.25, 0.3) is 0 Å². The van der Waals surface area contributed by atoms with Crippen molar-refractivity contribution in [3.63, 3.8) is 0 Å². The van der Waals surface area contributed by atoms with Crippen molar-refractivity contribution in [2.75, 3.05) is 32.7 Å². The van der Waals surface area contributed by atoms with Gasteiger partial charge in [0.05, 0.1) is 6.26 Å². The van der Waals surface area contributed by atoms with Gasteiger partial charge in [-0.15, -0.1) is 24.0 Å². The van der Waals surface area contributed by atoms with Crippen LogP contribution in [0.5, 0.6) is 0 Å². The highest BCUT2D eigenvalue weighted by atomic mass is 127. The molecule has 2 N–H and O–H groups in total. The molecular weight excluding hydrogens is 403 g/mol. The quantitative estimate of drug-likeness (QED) is 0.242. The number of aliphatic imine (C=N–C) groups is 1. The van der Waals surface area contributed by atoms with E-state index in [1.54, 1.807) is 6.26 Å². The Labute approximate surface area is 158 Å². The summed E-state index contributed by atoms with van der Waals surface area (Å²) in [6.45, 7) is 12.5. The molecule has 1 aromatic rings. The maximum Gasteiger partial charge on any atom is 0.191 e. The fourth-order valence-electron chi connectivity index (χ4n) is 2.38. The molecule has 5 nitrogen and oxygen atoms in total. The number of halogens is 1. The first-order valence-corrected chi connectivity index (χ1v) is 8.57. The first-order valence-electron chi connectivity index (χ1n) is 8.57. The van der Waals surface area contributed by atoms with Gasteiger partial charge in [0.2, 0.25) is 0 Å². The molecule has 0 aliphatic heterocycles. The second-order valence-corrected chi connectivity index (χ2v) is 5.40. The van der Waals surface area contributed by atoms with E-state index in [1.165, 1.54) is 25.9 Å². The van der Waals surface area contributed by atoms with E-state index in [2.05, 4.69) is 41.3 Å². The minimum absolute atomic E-state index is 0. The average molecular weight is 436 g/mol. The van der Waals surface area contributed by atoms with Crippen LogP contribution in [0, 0.1) is 0 Å². The lowest BCUT2D eigenvalue weighted by Crippen LogP contribution is -2.39. The standard InChI is InChI=1S/C17H32N4O.HI/c1-4-11-21(12-5-2)13-8-10-19-17(18-6-3)20-15-16-9-7-14-22-16;/h7,9,14H,4-6,8,10-13,15H2,1-3H3,(H2,18,19,20);1H. The fourth-order valence-corrected chi connectivity index (χ4v) is 2.38. The molecule has 6 heteroatoms. The van der Waals surface area contributed by atoms with Gasteiger partial charge in [0, 0.05) is 13.1 Å². The summed E-state index contributed by atoms with van der Waals surface area (Å²) >= 11 is 0. The van der Waals surface area contributed by atoms with Crippen LogP contribution in [-0.2, 0) is 6.54 Å². The van der Waals surface area contributed by atoms with Crippen molar-refractivity contribution in [1.82, 2.24) is 15.5 Å². The van der Waals surface area contributed by atoms with E-state index < -0.39 is 0 Å². The SMILES string of the molecule is CCCN(CCC)CCCNC(=NCc1ccco1)NCC.I. The van der Waals surface area contributed by atoms with E-state index in [4.69, 9.17) is 4.42 Å². The van der Waals surface area contributed by atoms with E-state index in [9.17, 15) is 0 Å². The van der Waals surface area contributed by atoms with Crippen LogP contribution < -0.4 is 10.6 Å². The van der Waals surface area contributed by atoms with Crippen molar-refractivity contribution in [3.8, 4) is 0 Å². The Balaban J connectivity index is 0.00000484. The first kappa shape index (κ1) is 22.2. The molecule has 134 valence electrons. The van der Waals surface area contributed by atoms with E-state index in [-0.39, 0.29) is 24.0 Å². The molecule has 0 aliphatic carbocycles. The second kappa shape index (κ2) is 14.8. The predicted molar refractivity (Wildman–Crippen MR) is 109 cm³/mol. The van der Waals surface area contributed by atoms with Gasteiger partial charge >= 0.3 is 0 Å². The van der Waals surface area contributed by atoms with Gasteiger partial charge in [-0.1, -0.05) is 13.8 Å². The molecule has 1 rings (SSSR count). The molecule has 0 atom stereocenters. The molecule has 23 heavy (non-hydrogen) atoms. The summed E-state index contributed by atoms with van der Waals surface area (Å²) in [5.41, 5.74) is 0. The van der Waals surface area contributed by atoms with Crippen LogP contribution in [0.4, 0.5) is 0 Å². The van der Waals surface area contributed by atoms with Crippen molar-refractivity contribution in [1.29, 1.82) is 0 Å². The van der Waals surface area contributed by atoms with Gasteiger partial charge in [-0.2, -0.15) is 0 Å². The van der Waals surface area contributed by atoms with Gasteiger partial charge < -0.3 is 20.0 Å². The van der Waals surface area contributed by atoms with Crippen molar-refractivity contribution < 1.29 is 4.42 Å². The third kappa shape index (κ3) is 10.6. The van der Waals surface area contributed by atoms with Crippen molar-refractivity contribution in [3.05, 3.63) is 24.2 Å². The predicted octanol–water partition coefficient (Wildman–Crippen LogP) is 3.46. The summed E-state index contributed by atoms with van der Waals surface area (Å²) < 4.78 is 5.30. The Morgan fingerprint density at radius 1 is 1.13 bits per heavy atom. The number of rotatable bonds is 11. The fraction of sp³-hybridized carbons (Fsp3) is 0.706. The van der Waals surface area contributed by atoms with Gasteiger partial charge in [-0.25, -0.2) is 4.99 Å². The number of guanidine groups is 1. The monoisotopic (exact) mass is 436 g/mol. The summed E-state index contributed by atoms with van der Waals surface area (Å²) in [7, 11) is 0. The summed E-state index contributed by atoms with van der Waals surface area (Å²) in [4.78, 5) is 7.07. The average Bonchev–Trinajstić information content (AvgIpc) is 3.02.